The van der Waals surface area contributed by atoms with Crippen LogP contribution in [-0.4, -0.2) is 47.3 Å². The van der Waals surface area contributed by atoms with Gasteiger partial charge in [-0.1, -0.05) is 53.7 Å². The number of aromatic nitrogens is 2. The number of thioether (sulfide) groups is 1. The number of nitrogens with one attached hydrogen (secondary N) is 1. The minimum atomic E-state index is -0.331. The van der Waals surface area contributed by atoms with Crippen molar-refractivity contribution in [3.05, 3.63) is 69.5 Å². The number of fused-ring (bicyclic) bond motifs is 1. The number of halogens is 1. The molecule has 0 aliphatic carbocycles. The number of ether oxygens (including phenoxy) is 1. The summed E-state index contributed by atoms with van der Waals surface area (Å²) in [7, 11) is 1.54. The molecule has 3 rings (SSSR count). The highest BCUT2D eigenvalue weighted by molar-refractivity contribution is 7.99. The van der Waals surface area contributed by atoms with E-state index >= 15 is 0 Å². The Morgan fingerprint density at radius 3 is 2.70 bits per heavy atom. The number of amides is 1. The van der Waals surface area contributed by atoms with Gasteiger partial charge in [-0.2, -0.15) is 0 Å². The zero-order valence-electron chi connectivity index (χ0n) is 16.3. The van der Waals surface area contributed by atoms with Gasteiger partial charge in [0.2, 0.25) is 5.91 Å². The Bertz CT molecular complexity index is 1120. The predicted molar refractivity (Wildman–Crippen MR) is 117 cm³/mol. The highest BCUT2D eigenvalue weighted by Gasteiger charge is 2.14. The molecule has 0 aliphatic heterocycles. The number of Topliss-reactive ketones (excluding diaryl/α,β-unsaturated/α-hetero) is 1. The Labute approximate surface area is 182 Å². The van der Waals surface area contributed by atoms with Crippen molar-refractivity contribution in [2.75, 3.05) is 26.0 Å². The lowest BCUT2D eigenvalue weighted by atomic mass is 10.1. The normalized spacial score (nSPS) is 10.9. The number of carbonyl (C=O) groups excluding carboxylic acids is 2. The van der Waals surface area contributed by atoms with Crippen LogP contribution in [0.15, 0.2) is 58.5 Å². The van der Waals surface area contributed by atoms with Gasteiger partial charge < -0.3 is 10.1 Å². The molecule has 156 valence electrons. The molecule has 0 atom stereocenters. The van der Waals surface area contributed by atoms with Crippen molar-refractivity contribution in [3.8, 4) is 0 Å². The molecular weight excluding hydrogens is 426 g/mol. The van der Waals surface area contributed by atoms with Crippen molar-refractivity contribution in [1.82, 2.24) is 14.9 Å². The van der Waals surface area contributed by atoms with Gasteiger partial charge in [-0.25, -0.2) is 4.98 Å². The largest absolute Gasteiger partial charge is 0.383 e. The van der Waals surface area contributed by atoms with Crippen LogP contribution in [0, 0.1) is 0 Å². The second kappa shape index (κ2) is 10.4. The quantitative estimate of drug-likeness (QED) is 0.309. The summed E-state index contributed by atoms with van der Waals surface area (Å²) >= 11 is 7.14. The molecular formula is C21H20ClN3O4S. The van der Waals surface area contributed by atoms with Crippen LogP contribution in [0.1, 0.15) is 10.4 Å². The number of methoxy groups -OCH3 is 1. The molecule has 1 N–H and O–H groups in total. The zero-order valence-corrected chi connectivity index (χ0v) is 17.8. The van der Waals surface area contributed by atoms with E-state index in [2.05, 4.69) is 10.3 Å². The van der Waals surface area contributed by atoms with Crippen LogP contribution in [0.25, 0.3) is 10.9 Å². The number of hydrogen-bond acceptors (Lipinski definition) is 6. The maximum atomic E-state index is 12.8. The van der Waals surface area contributed by atoms with Crippen molar-refractivity contribution in [1.29, 1.82) is 0 Å². The summed E-state index contributed by atoms with van der Waals surface area (Å²) in [6, 6.07) is 13.6. The second-order valence-corrected chi connectivity index (χ2v) is 7.74. The van der Waals surface area contributed by atoms with Crippen molar-refractivity contribution in [2.45, 2.75) is 11.7 Å². The van der Waals surface area contributed by atoms with Crippen LogP contribution in [-0.2, 0) is 16.1 Å². The summed E-state index contributed by atoms with van der Waals surface area (Å²) in [5, 5.41) is 3.90. The fourth-order valence-electron chi connectivity index (χ4n) is 2.75. The van der Waals surface area contributed by atoms with Gasteiger partial charge in [-0.05, 0) is 18.2 Å². The first-order valence-corrected chi connectivity index (χ1v) is 10.5. The Kier molecular flexibility index (Phi) is 7.62. The third-order valence-corrected chi connectivity index (χ3v) is 5.49. The van der Waals surface area contributed by atoms with Gasteiger partial charge in [-0.3, -0.25) is 19.0 Å². The van der Waals surface area contributed by atoms with E-state index < -0.39 is 0 Å². The molecule has 30 heavy (non-hydrogen) atoms. The molecule has 1 amide bonds. The fraction of sp³-hybridized carbons (Fsp3) is 0.238. The summed E-state index contributed by atoms with van der Waals surface area (Å²) in [4.78, 5) is 41.7. The van der Waals surface area contributed by atoms with Gasteiger partial charge in [0, 0.05) is 17.7 Å². The van der Waals surface area contributed by atoms with E-state index in [4.69, 9.17) is 16.3 Å². The van der Waals surface area contributed by atoms with Gasteiger partial charge in [0.15, 0.2) is 10.9 Å². The lowest BCUT2D eigenvalue weighted by Gasteiger charge is -2.13. The van der Waals surface area contributed by atoms with E-state index in [1.807, 2.05) is 6.07 Å². The molecule has 0 bridgehead atoms. The smallest absolute Gasteiger partial charge is 0.262 e. The van der Waals surface area contributed by atoms with Crippen LogP contribution >= 0.6 is 23.4 Å². The first kappa shape index (κ1) is 22.0. The summed E-state index contributed by atoms with van der Waals surface area (Å²) in [5.74, 6) is -0.499. The fourth-order valence-corrected chi connectivity index (χ4v) is 3.77. The molecule has 0 radical (unpaired) electrons. The van der Waals surface area contributed by atoms with Crippen LogP contribution in [0.2, 0.25) is 5.02 Å². The van der Waals surface area contributed by atoms with Crippen LogP contribution in [0.5, 0.6) is 0 Å². The van der Waals surface area contributed by atoms with Gasteiger partial charge in [0.25, 0.3) is 5.56 Å². The summed E-state index contributed by atoms with van der Waals surface area (Å²) in [6.07, 6.45) is 0. The van der Waals surface area contributed by atoms with E-state index in [0.717, 1.165) is 11.8 Å². The molecule has 0 fully saturated rings. The minimum absolute atomic E-state index is 0.00750. The summed E-state index contributed by atoms with van der Waals surface area (Å²) in [6.45, 7) is 0.532. The molecule has 1 heterocycles. The molecule has 0 saturated carbocycles. The van der Waals surface area contributed by atoms with E-state index in [0.29, 0.717) is 39.8 Å². The van der Waals surface area contributed by atoms with Gasteiger partial charge in [0.05, 0.1) is 36.4 Å². The van der Waals surface area contributed by atoms with Crippen molar-refractivity contribution >= 4 is 46.0 Å². The van der Waals surface area contributed by atoms with Crippen molar-refractivity contribution in [3.63, 3.8) is 0 Å². The van der Waals surface area contributed by atoms with Gasteiger partial charge in [0.1, 0.15) is 0 Å². The molecule has 1 aromatic heterocycles. The average Bonchev–Trinajstić information content (AvgIpc) is 2.76. The highest BCUT2D eigenvalue weighted by Crippen LogP contribution is 2.20. The zero-order chi connectivity index (χ0) is 21.5. The number of benzene rings is 2. The van der Waals surface area contributed by atoms with E-state index in [-0.39, 0.29) is 29.5 Å². The Morgan fingerprint density at radius 2 is 1.97 bits per heavy atom. The molecule has 0 aliphatic rings. The monoisotopic (exact) mass is 445 g/mol. The summed E-state index contributed by atoms with van der Waals surface area (Å²) < 4.78 is 6.56. The number of carbonyl (C=O) groups is 2. The maximum Gasteiger partial charge on any atom is 0.262 e. The third-order valence-electron chi connectivity index (χ3n) is 4.28. The van der Waals surface area contributed by atoms with Gasteiger partial charge >= 0.3 is 0 Å². The standard InChI is InChI=1S/C21H20ClN3O4S/c1-29-10-9-25-20(28)16-8-7-15(22)11-17(16)24-21(25)30-13-19(27)23-12-18(26)14-5-3-2-4-6-14/h2-8,11H,9-10,12-13H2,1H3,(H,23,27). The number of ketones is 1. The molecule has 7 nitrogen and oxygen atoms in total. The van der Waals surface area contributed by atoms with Crippen molar-refractivity contribution < 1.29 is 14.3 Å². The topological polar surface area (TPSA) is 90.3 Å². The van der Waals surface area contributed by atoms with E-state index in [1.54, 1.807) is 49.6 Å². The minimum Gasteiger partial charge on any atom is -0.383 e. The molecule has 3 aromatic rings. The molecule has 9 heteroatoms. The van der Waals surface area contributed by atoms with Crippen LogP contribution < -0.4 is 10.9 Å². The Morgan fingerprint density at radius 1 is 1.20 bits per heavy atom. The number of rotatable bonds is 9. The Balaban J connectivity index is 1.71. The highest BCUT2D eigenvalue weighted by atomic mass is 35.5. The lowest BCUT2D eigenvalue weighted by molar-refractivity contribution is -0.118. The van der Waals surface area contributed by atoms with Gasteiger partial charge in [-0.15, -0.1) is 0 Å². The number of nitrogens with zero attached hydrogens (tertiary/aromatic N) is 2. The predicted octanol–water partition coefficient (Wildman–Crippen LogP) is 2.79. The Hall–Kier alpha value is -2.68. The lowest BCUT2D eigenvalue weighted by Crippen LogP contribution is -2.31. The number of hydrogen-bond donors (Lipinski definition) is 1. The van der Waals surface area contributed by atoms with Crippen molar-refractivity contribution in [2.24, 2.45) is 0 Å². The molecule has 0 unspecified atom stereocenters. The van der Waals surface area contributed by atoms with E-state index in [9.17, 15) is 14.4 Å². The first-order valence-electron chi connectivity index (χ1n) is 9.16. The molecule has 0 saturated heterocycles. The maximum absolute atomic E-state index is 12.8. The summed E-state index contributed by atoms with van der Waals surface area (Å²) in [5.41, 5.74) is 0.770. The third kappa shape index (κ3) is 5.47. The van der Waals surface area contributed by atoms with Crippen LogP contribution in [0.4, 0.5) is 0 Å². The second-order valence-electron chi connectivity index (χ2n) is 6.36. The van der Waals surface area contributed by atoms with Crippen LogP contribution in [0.3, 0.4) is 0 Å². The average molecular weight is 446 g/mol. The van der Waals surface area contributed by atoms with E-state index in [1.165, 1.54) is 4.57 Å². The first-order chi connectivity index (χ1) is 14.5. The molecule has 0 spiro atoms. The SMILES string of the molecule is COCCn1c(SCC(=O)NCC(=O)c2ccccc2)nc2cc(Cl)ccc2c1=O. The molecule has 2 aromatic carbocycles.